The van der Waals surface area contributed by atoms with Crippen LogP contribution in [0.4, 0.5) is 5.69 Å². The van der Waals surface area contributed by atoms with Crippen molar-refractivity contribution in [3.8, 4) is 0 Å². The van der Waals surface area contributed by atoms with Gasteiger partial charge in [-0.05, 0) is 30.7 Å². The van der Waals surface area contributed by atoms with Crippen LogP contribution < -0.4 is 10.2 Å². The van der Waals surface area contributed by atoms with Crippen LogP contribution in [0.1, 0.15) is 25.3 Å². The van der Waals surface area contributed by atoms with E-state index in [1.54, 1.807) is 0 Å². The molecule has 1 heterocycles. The molecule has 0 spiro atoms. The average Bonchev–Trinajstić information content (AvgIpc) is 2.68. The van der Waals surface area contributed by atoms with Crippen molar-refractivity contribution >= 4 is 23.9 Å². The first-order chi connectivity index (χ1) is 8.79. The molecule has 1 fully saturated rings. The Hall–Kier alpha value is -1.06. The molecule has 2 rings (SSSR count). The van der Waals surface area contributed by atoms with E-state index in [0.29, 0.717) is 18.6 Å². The van der Waals surface area contributed by atoms with E-state index < -0.39 is 0 Å². The van der Waals surface area contributed by atoms with Gasteiger partial charge in [0.2, 0.25) is 0 Å². The van der Waals surface area contributed by atoms with Gasteiger partial charge in [0.05, 0.1) is 0 Å². The smallest absolute Gasteiger partial charge is 0.136 e. The summed E-state index contributed by atoms with van der Waals surface area (Å²) in [5.74, 6) is 0.307. The van der Waals surface area contributed by atoms with Gasteiger partial charge >= 0.3 is 0 Å². The maximum Gasteiger partial charge on any atom is 0.136 e. The zero-order valence-corrected chi connectivity index (χ0v) is 12.3. The molecule has 1 N–H and O–H groups in total. The molecular weight excluding hydrogens is 260 g/mol. The molecule has 0 amide bonds. The monoisotopic (exact) mass is 282 g/mol. The van der Waals surface area contributed by atoms with Gasteiger partial charge in [-0.3, -0.25) is 4.79 Å². The third-order valence-electron chi connectivity index (χ3n) is 3.44. The maximum atomic E-state index is 11.4. The zero-order valence-electron chi connectivity index (χ0n) is 11.5. The highest BCUT2D eigenvalue weighted by Crippen LogP contribution is 2.16. The lowest BCUT2D eigenvalue weighted by molar-refractivity contribution is -0.118. The SMILES string of the molecule is CCC(=O)Cc1ccc(N2CCCNCC2)cc1.Cl. The number of halogens is 1. The van der Waals surface area contributed by atoms with Gasteiger partial charge in [-0.2, -0.15) is 0 Å². The Labute approximate surface area is 121 Å². The summed E-state index contributed by atoms with van der Waals surface area (Å²) in [6.07, 6.45) is 2.38. The second-order valence-electron chi connectivity index (χ2n) is 4.83. The first kappa shape index (κ1) is 16.0. The van der Waals surface area contributed by atoms with Crippen LogP contribution in [0.25, 0.3) is 0 Å². The minimum absolute atomic E-state index is 0. The van der Waals surface area contributed by atoms with Crippen LogP contribution in [0.2, 0.25) is 0 Å². The predicted molar refractivity (Wildman–Crippen MR) is 82.4 cm³/mol. The maximum absolute atomic E-state index is 11.4. The summed E-state index contributed by atoms with van der Waals surface area (Å²) in [7, 11) is 0. The van der Waals surface area contributed by atoms with Gasteiger partial charge in [-0.25, -0.2) is 0 Å². The lowest BCUT2D eigenvalue weighted by atomic mass is 10.1. The van der Waals surface area contributed by atoms with E-state index in [1.165, 1.54) is 12.1 Å². The van der Waals surface area contributed by atoms with Gasteiger partial charge in [0.1, 0.15) is 5.78 Å². The van der Waals surface area contributed by atoms with E-state index >= 15 is 0 Å². The van der Waals surface area contributed by atoms with Crippen LogP contribution >= 0.6 is 12.4 Å². The number of nitrogens with one attached hydrogen (secondary N) is 1. The fourth-order valence-corrected chi connectivity index (χ4v) is 2.28. The van der Waals surface area contributed by atoms with Crippen LogP contribution in [-0.4, -0.2) is 32.0 Å². The van der Waals surface area contributed by atoms with Crippen molar-refractivity contribution in [2.75, 3.05) is 31.1 Å². The summed E-state index contributed by atoms with van der Waals surface area (Å²) >= 11 is 0. The standard InChI is InChI=1S/C15H22N2O.ClH/c1-2-15(18)12-13-4-6-14(7-5-13)17-10-3-8-16-9-11-17;/h4-7,16H,2-3,8-12H2,1H3;1H. The van der Waals surface area contributed by atoms with Crippen molar-refractivity contribution in [2.45, 2.75) is 26.2 Å². The summed E-state index contributed by atoms with van der Waals surface area (Å²) in [6.45, 7) is 6.25. The Balaban J connectivity index is 0.00000180. The van der Waals surface area contributed by atoms with E-state index in [-0.39, 0.29) is 12.4 Å². The molecule has 0 unspecified atom stereocenters. The fourth-order valence-electron chi connectivity index (χ4n) is 2.28. The number of ketones is 1. The number of carbonyl (C=O) groups excluding carboxylic acids is 1. The summed E-state index contributed by atoms with van der Waals surface area (Å²) in [5.41, 5.74) is 2.39. The topological polar surface area (TPSA) is 32.3 Å². The number of Topliss-reactive ketones (excluding diaryl/α,β-unsaturated/α-hetero) is 1. The largest absolute Gasteiger partial charge is 0.370 e. The highest BCUT2D eigenvalue weighted by Gasteiger charge is 2.09. The molecule has 4 heteroatoms. The van der Waals surface area contributed by atoms with E-state index in [0.717, 1.165) is 31.7 Å². The highest BCUT2D eigenvalue weighted by molar-refractivity contribution is 5.85. The second-order valence-corrected chi connectivity index (χ2v) is 4.83. The van der Waals surface area contributed by atoms with Crippen molar-refractivity contribution < 1.29 is 4.79 Å². The van der Waals surface area contributed by atoms with Gasteiger partial charge in [-0.1, -0.05) is 19.1 Å². The van der Waals surface area contributed by atoms with E-state index in [2.05, 4.69) is 34.5 Å². The van der Waals surface area contributed by atoms with Crippen molar-refractivity contribution in [3.05, 3.63) is 29.8 Å². The van der Waals surface area contributed by atoms with E-state index in [9.17, 15) is 4.79 Å². The molecular formula is C15H23ClN2O. The Morgan fingerprint density at radius 1 is 1.21 bits per heavy atom. The van der Waals surface area contributed by atoms with Crippen LogP contribution in [0.3, 0.4) is 0 Å². The molecule has 1 aliphatic heterocycles. The summed E-state index contributed by atoms with van der Waals surface area (Å²) < 4.78 is 0. The zero-order chi connectivity index (χ0) is 12.8. The minimum atomic E-state index is 0. The highest BCUT2D eigenvalue weighted by atomic mass is 35.5. The van der Waals surface area contributed by atoms with Crippen molar-refractivity contribution in [1.29, 1.82) is 0 Å². The molecule has 1 aliphatic rings. The molecule has 1 saturated heterocycles. The Morgan fingerprint density at radius 3 is 2.63 bits per heavy atom. The normalized spacial score (nSPS) is 15.5. The minimum Gasteiger partial charge on any atom is -0.370 e. The molecule has 0 aliphatic carbocycles. The molecule has 3 nitrogen and oxygen atoms in total. The molecule has 0 radical (unpaired) electrons. The molecule has 1 aromatic carbocycles. The number of carbonyl (C=O) groups is 1. The van der Waals surface area contributed by atoms with Gasteiger partial charge in [0.25, 0.3) is 0 Å². The van der Waals surface area contributed by atoms with Gasteiger partial charge in [-0.15, -0.1) is 12.4 Å². The number of nitrogens with zero attached hydrogens (tertiary/aromatic N) is 1. The van der Waals surface area contributed by atoms with Crippen LogP contribution in [0.15, 0.2) is 24.3 Å². The first-order valence-electron chi connectivity index (χ1n) is 6.86. The number of hydrogen-bond acceptors (Lipinski definition) is 3. The van der Waals surface area contributed by atoms with Gasteiger partial charge < -0.3 is 10.2 Å². The Kier molecular flexibility index (Phi) is 6.89. The fraction of sp³-hybridized carbons (Fsp3) is 0.533. The number of anilines is 1. The van der Waals surface area contributed by atoms with Crippen LogP contribution in [0.5, 0.6) is 0 Å². The van der Waals surface area contributed by atoms with Crippen molar-refractivity contribution in [3.63, 3.8) is 0 Å². The second kappa shape index (κ2) is 8.18. The summed E-state index contributed by atoms with van der Waals surface area (Å²) in [5, 5.41) is 3.41. The van der Waals surface area contributed by atoms with E-state index in [4.69, 9.17) is 0 Å². The summed E-state index contributed by atoms with van der Waals surface area (Å²) in [4.78, 5) is 13.8. The molecule has 1 aromatic rings. The van der Waals surface area contributed by atoms with Crippen LogP contribution in [0, 0.1) is 0 Å². The Bertz CT molecular complexity index is 384. The van der Waals surface area contributed by atoms with Gasteiger partial charge in [0, 0.05) is 38.2 Å². The molecule has 0 atom stereocenters. The molecule has 0 saturated carbocycles. The number of hydrogen-bond donors (Lipinski definition) is 1. The van der Waals surface area contributed by atoms with E-state index in [1.807, 2.05) is 6.92 Å². The van der Waals surface area contributed by atoms with Crippen molar-refractivity contribution in [2.24, 2.45) is 0 Å². The lowest BCUT2D eigenvalue weighted by Gasteiger charge is -2.22. The third-order valence-corrected chi connectivity index (χ3v) is 3.44. The van der Waals surface area contributed by atoms with Crippen LogP contribution in [-0.2, 0) is 11.2 Å². The van der Waals surface area contributed by atoms with Crippen molar-refractivity contribution in [1.82, 2.24) is 5.32 Å². The third kappa shape index (κ3) is 4.84. The average molecular weight is 283 g/mol. The molecule has 0 aromatic heterocycles. The number of benzene rings is 1. The molecule has 106 valence electrons. The number of rotatable bonds is 4. The predicted octanol–water partition coefficient (Wildman–Crippen LogP) is 2.43. The lowest BCUT2D eigenvalue weighted by Crippen LogP contribution is -2.27. The molecule has 19 heavy (non-hydrogen) atoms. The quantitative estimate of drug-likeness (QED) is 0.921. The first-order valence-corrected chi connectivity index (χ1v) is 6.86. The summed E-state index contributed by atoms with van der Waals surface area (Å²) in [6, 6.07) is 8.45. The van der Waals surface area contributed by atoms with Gasteiger partial charge in [0.15, 0.2) is 0 Å². The molecule has 0 bridgehead atoms. The Morgan fingerprint density at radius 2 is 1.95 bits per heavy atom.